The first-order valence-corrected chi connectivity index (χ1v) is 3.80. The fraction of sp³-hybridized carbons (Fsp3) is 0.750. The lowest BCUT2D eigenvalue weighted by Crippen LogP contribution is -2.35. The van der Waals surface area contributed by atoms with E-state index in [1.165, 1.54) is 6.42 Å². The summed E-state index contributed by atoms with van der Waals surface area (Å²) >= 11 is 0. The molecule has 2 atom stereocenters. The molecule has 0 radical (unpaired) electrons. The number of rotatable bonds is 3. The summed E-state index contributed by atoms with van der Waals surface area (Å²) in [5.74, 6) is 0. The molecule has 2 nitrogen and oxygen atoms in total. The van der Waals surface area contributed by atoms with Crippen molar-refractivity contribution in [2.75, 3.05) is 13.7 Å². The van der Waals surface area contributed by atoms with Gasteiger partial charge in [0.1, 0.15) is 0 Å². The molecule has 0 aromatic carbocycles. The second-order valence-electron chi connectivity index (χ2n) is 2.60. The van der Waals surface area contributed by atoms with Crippen LogP contribution in [0.2, 0.25) is 0 Å². The van der Waals surface area contributed by atoms with Crippen LogP contribution in [0, 0.1) is 0 Å². The third-order valence-electron chi connectivity index (χ3n) is 1.95. The minimum atomic E-state index is 0.336. The van der Waals surface area contributed by atoms with Crippen molar-refractivity contribution in [2.45, 2.75) is 25.0 Å². The Hall–Kier alpha value is -0.340. The lowest BCUT2D eigenvalue weighted by atomic mass is 10.1. The van der Waals surface area contributed by atoms with Crippen LogP contribution in [-0.2, 0) is 4.74 Å². The lowest BCUT2D eigenvalue weighted by molar-refractivity contribution is 0.0937. The Labute approximate surface area is 62.3 Å². The Balaban J connectivity index is 2.36. The zero-order chi connectivity index (χ0) is 7.40. The van der Waals surface area contributed by atoms with Crippen LogP contribution in [0.15, 0.2) is 12.7 Å². The predicted octanol–water partition coefficient (Wildman–Crippen LogP) is 0.939. The SMILES string of the molecule is C=CC(NC)C1CCCO1. The van der Waals surface area contributed by atoms with E-state index in [1.54, 1.807) is 0 Å². The Morgan fingerprint density at radius 3 is 3.00 bits per heavy atom. The molecule has 1 N–H and O–H groups in total. The van der Waals surface area contributed by atoms with Gasteiger partial charge in [-0.2, -0.15) is 0 Å². The molecular formula is C8H15NO. The third kappa shape index (κ3) is 1.58. The van der Waals surface area contributed by atoms with Crippen LogP contribution < -0.4 is 5.32 Å². The van der Waals surface area contributed by atoms with Crippen molar-refractivity contribution in [1.82, 2.24) is 5.32 Å². The average molecular weight is 141 g/mol. The second-order valence-corrected chi connectivity index (χ2v) is 2.60. The Bertz CT molecular complexity index is 108. The van der Waals surface area contributed by atoms with Gasteiger partial charge in [-0.05, 0) is 19.9 Å². The maximum atomic E-state index is 5.46. The molecule has 0 saturated carbocycles. The van der Waals surface area contributed by atoms with E-state index < -0.39 is 0 Å². The Morgan fingerprint density at radius 2 is 2.60 bits per heavy atom. The monoisotopic (exact) mass is 141 g/mol. The molecule has 1 saturated heterocycles. The molecule has 58 valence electrons. The quantitative estimate of drug-likeness (QED) is 0.591. The van der Waals surface area contributed by atoms with E-state index in [0.717, 1.165) is 13.0 Å². The Morgan fingerprint density at radius 1 is 1.80 bits per heavy atom. The second kappa shape index (κ2) is 3.74. The van der Waals surface area contributed by atoms with Gasteiger partial charge in [0.05, 0.1) is 12.1 Å². The summed E-state index contributed by atoms with van der Waals surface area (Å²) in [5.41, 5.74) is 0. The van der Waals surface area contributed by atoms with Crippen LogP contribution in [0.3, 0.4) is 0 Å². The van der Waals surface area contributed by atoms with Crippen LogP contribution in [0.1, 0.15) is 12.8 Å². The van der Waals surface area contributed by atoms with Gasteiger partial charge in [-0.3, -0.25) is 0 Å². The summed E-state index contributed by atoms with van der Waals surface area (Å²) in [6, 6.07) is 0.336. The Kier molecular flexibility index (Phi) is 2.90. The van der Waals surface area contributed by atoms with E-state index >= 15 is 0 Å². The van der Waals surface area contributed by atoms with E-state index in [2.05, 4.69) is 11.9 Å². The lowest BCUT2D eigenvalue weighted by Gasteiger charge is -2.17. The third-order valence-corrected chi connectivity index (χ3v) is 1.95. The molecule has 10 heavy (non-hydrogen) atoms. The molecule has 2 unspecified atom stereocenters. The summed E-state index contributed by atoms with van der Waals surface area (Å²) in [6.45, 7) is 4.65. The van der Waals surface area contributed by atoms with Gasteiger partial charge in [-0.1, -0.05) is 6.08 Å². The summed E-state index contributed by atoms with van der Waals surface area (Å²) in [7, 11) is 1.94. The number of ether oxygens (including phenoxy) is 1. The van der Waals surface area contributed by atoms with Crippen LogP contribution in [0.4, 0.5) is 0 Å². The summed E-state index contributed by atoms with van der Waals surface area (Å²) in [5, 5.41) is 3.15. The number of hydrogen-bond acceptors (Lipinski definition) is 2. The van der Waals surface area contributed by atoms with Crippen LogP contribution >= 0.6 is 0 Å². The first-order chi connectivity index (χ1) is 4.88. The normalized spacial score (nSPS) is 28.3. The molecule has 0 amide bonds. The van der Waals surface area contributed by atoms with Crippen molar-refractivity contribution >= 4 is 0 Å². The largest absolute Gasteiger partial charge is 0.376 e. The summed E-state index contributed by atoms with van der Waals surface area (Å²) < 4.78 is 5.46. The van der Waals surface area contributed by atoms with Crippen molar-refractivity contribution in [3.05, 3.63) is 12.7 Å². The van der Waals surface area contributed by atoms with Crippen molar-refractivity contribution < 1.29 is 4.74 Å². The van der Waals surface area contributed by atoms with E-state index in [4.69, 9.17) is 4.74 Å². The summed E-state index contributed by atoms with van der Waals surface area (Å²) in [6.07, 6.45) is 4.63. The van der Waals surface area contributed by atoms with Crippen molar-refractivity contribution in [1.29, 1.82) is 0 Å². The van der Waals surface area contributed by atoms with Gasteiger partial charge in [0.2, 0.25) is 0 Å². The van der Waals surface area contributed by atoms with Gasteiger partial charge in [0.25, 0.3) is 0 Å². The fourth-order valence-electron chi connectivity index (χ4n) is 1.34. The highest BCUT2D eigenvalue weighted by Gasteiger charge is 2.21. The minimum Gasteiger partial charge on any atom is -0.376 e. The van der Waals surface area contributed by atoms with Crippen molar-refractivity contribution in [3.8, 4) is 0 Å². The maximum Gasteiger partial charge on any atom is 0.0764 e. The number of likely N-dealkylation sites (N-methyl/N-ethyl adjacent to an activating group) is 1. The first kappa shape index (κ1) is 7.76. The molecule has 0 spiro atoms. The van der Waals surface area contributed by atoms with E-state index in [0.29, 0.717) is 12.1 Å². The summed E-state index contributed by atoms with van der Waals surface area (Å²) in [4.78, 5) is 0. The molecule has 1 aliphatic rings. The number of hydrogen-bond donors (Lipinski definition) is 1. The first-order valence-electron chi connectivity index (χ1n) is 3.80. The van der Waals surface area contributed by atoms with E-state index in [-0.39, 0.29) is 0 Å². The molecule has 1 aliphatic heterocycles. The highest BCUT2D eigenvalue weighted by atomic mass is 16.5. The van der Waals surface area contributed by atoms with Gasteiger partial charge >= 0.3 is 0 Å². The predicted molar refractivity (Wildman–Crippen MR) is 42.0 cm³/mol. The van der Waals surface area contributed by atoms with Crippen LogP contribution in [0.25, 0.3) is 0 Å². The van der Waals surface area contributed by atoms with E-state index in [1.807, 2.05) is 13.1 Å². The molecule has 0 aromatic rings. The molecule has 2 heteroatoms. The van der Waals surface area contributed by atoms with Crippen LogP contribution in [0.5, 0.6) is 0 Å². The van der Waals surface area contributed by atoms with Crippen molar-refractivity contribution in [2.24, 2.45) is 0 Å². The highest BCUT2D eigenvalue weighted by molar-refractivity contribution is 4.92. The van der Waals surface area contributed by atoms with Gasteiger partial charge < -0.3 is 10.1 Å². The number of nitrogens with one attached hydrogen (secondary N) is 1. The van der Waals surface area contributed by atoms with Crippen LogP contribution in [-0.4, -0.2) is 25.8 Å². The zero-order valence-electron chi connectivity index (χ0n) is 6.47. The molecule has 1 heterocycles. The zero-order valence-corrected chi connectivity index (χ0v) is 6.47. The van der Waals surface area contributed by atoms with Gasteiger partial charge in [-0.15, -0.1) is 6.58 Å². The minimum absolute atomic E-state index is 0.336. The van der Waals surface area contributed by atoms with Gasteiger partial charge in [0, 0.05) is 6.61 Å². The molecule has 0 bridgehead atoms. The average Bonchev–Trinajstić information content (AvgIpc) is 2.43. The smallest absolute Gasteiger partial charge is 0.0764 e. The van der Waals surface area contributed by atoms with Gasteiger partial charge in [-0.25, -0.2) is 0 Å². The highest BCUT2D eigenvalue weighted by Crippen LogP contribution is 2.15. The van der Waals surface area contributed by atoms with E-state index in [9.17, 15) is 0 Å². The molecule has 1 fully saturated rings. The fourth-order valence-corrected chi connectivity index (χ4v) is 1.34. The topological polar surface area (TPSA) is 21.3 Å². The molecule has 0 aliphatic carbocycles. The molecular weight excluding hydrogens is 126 g/mol. The molecule has 1 rings (SSSR count). The molecule has 0 aromatic heterocycles. The van der Waals surface area contributed by atoms with Crippen molar-refractivity contribution in [3.63, 3.8) is 0 Å². The van der Waals surface area contributed by atoms with Gasteiger partial charge in [0.15, 0.2) is 0 Å². The maximum absolute atomic E-state index is 5.46. The standard InChI is InChI=1S/C8H15NO/c1-3-7(9-2)8-5-4-6-10-8/h3,7-9H,1,4-6H2,2H3.